The van der Waals surface area contributed by atoms with Gasteiger partial charge in [-0.2, -0.15) is 4.57 Å². The molecule has 0 aliphatic carbocycles. The van der Waals surface area contributed by atoms with Crippen molar-refractivity contribution < 1.29 is 9.30 Å². The molecule has 3 nitrogen and oxygen atoms in total. The summed E-state index contributed by atoms with van der Waals surface area (Å²) in [6.45, 7) is 6.55. The van der Waals surface area contributed by atoms with Crippen molar-refractivity contribution in [1.82, 2.24) is 0 Å². The molecule has 0 saturated heterocycles. The summed E-state index contributed by atoms with van der Waals surface area (Å²) in [7, 11) is 4.23. The summed E-state index contributed by atoms with van der Waals surface area (Å²) in [5.74, 6) is 1.76. The topological polar surface area (TPSA) is 16.4 Å². The average molecular weight is 454 g/mol. The van der Waals surface area contributed by atoms with Gasteiger partial charge < -0.3 is 9.64 Å². The van der Waals surface area contributed by atoms with Gasteiger partial charge in [0.25, 0.3) is 5.01 Å². The largest absolute Gasteiger partial charge is 0.439 e. The number of thiazole rings is 1. The molecule has 0 bridgehead atoms. The third kappa shape index (κ3) is 3.96. The van der Waals surface area contributed by atoms with Crippen LogP contribution in [-0.4, -0.2) is 7.05 Å². The fourth-order valence-corrected chi connectivity index (χ4v) is 5.42. The van der Waals surface area contributed by atoms with E-state index in [2.05, 4.69) is 111 Å². The molecule has 4 heteroatoms. The average Bonchev–Trinajstić information content (AvgIpc) is 3.30. The second-order valence-corrected chi connectivity index (χ2v) is 9.73. The van der Waals surface area contributed by atoms with Crippen LogP contribution >= 0.6 is 11.3 Å². The van der Waals surface area contributed by atoms with Crippen molar-refractivity contribution in [3.8, 4) is 16.9 Å². The predicted octanol–water partition coefficient (Wildman–Crippen LogP) is 7.17. The number of rotatable bonds is 4. The van der Waals surface area contributed by atoms with Gasteiger partial charge in [0.2, 0.25) is 11.4 Å². The molecule has 0 radical (unpaired) electrons. The lowest BCUT2D eigenvalue weighted by atomic mass is 10.0. The minimum atomic E-state index is 0.860. The van der Waals surface area contributed by atoms with Crippen molar-refractivity contribution in [2.24, 2.45) is 7.05 Å². The number of benzene rings is 3. The molecule has 0 atom stereocenters. The van der Waals surface area contributed by atoms with Gasteiger partial charge in [-0.1, -0.05) is 54.7 Å². The van der Waals surface area contributed by atoms with Gasteiger partial charge in [0.05, 0.1) is 5.69 Å². The molecule has 166 valence electrons. The van der Waals surface area contributed by atoms with Crippen LogP contribution in [0.1, 0.15) is 29.5 Å². The SMILES string of the molecule is CCC(=Cc1sc2cc(C)c(C)cc2[n+]1C)C=C1Oc2ccc(-c3ccccc3)cc2N1C. The van der Waals surface area contributed by atoms with Crippen LogP contribution in [0.2, 0.25) is 0 Å². The first-order valence-corrected chi connectivity index (χ1v) is 12.2. The van der Waals surface area contributed by atoms with Gasteiger partial charge in [-0.15, -0.1) is 0 Å². The molecule has 0 spiro atoms. The second-order valence-electron chi connectivity index (χ2n) is 8.67. The lowest BCUT2D eigenvalue weighted by Crippen LogP contribution is -2.29. The highest BCUT2D eigenvalue weighted by Gasteiger charge is 2.24. The van der Waals surface area contributed by atoms with Crippen LogP contribution in [0.25, 0.3) is 27.4 Å². The number of ether oxygens (including phenoxy) is 1. The van der Waals surface area contributed by atoms with Gasteiger partial charge in [-0.3, -0.25) is 0 Å². The summed E-state index contributed by atoms with van der Waals surface area (Å²) < 4.78 is 9.86. The molecule has 1 aromatic heterocycles. The molecule has 1 aliphatic rings. The Bertz CT molecular complexity index is 1410. The fourth-order valence-electron chi connectivity index (χ4n) is 4.21. The Morgan fingerprint density at radius 3 is 2.52 bits per heavy atom. The zero-order valence-corrected chi connectivity index (χ0v) is 20.7. The molecule has 4 aromatic rings. The molecule has 1 aliphatic heterocycles. The van der Waals surface area contributed by atoms with Crippen molar-refractivity contribution in [3.05, 3.63) is 94.3 Å². The summed E-state index contributed by atoms with van der Waals surface area (Å²) in [5.41, 5.74) is 8.69. The van der Waals surface area contributed by atoms with Crippen molar-refractivity contribution >= 4 is 33.3 Å². The quantitative estimate of drug-likeness (QED) is 0.305. The number of allylic oxidation sites excluding steroid dienone is 2. The standard InChI is InChI=1S/C29H29N2OS/c1-6-21(17-29-31(5)25-14-19(2)20(3)15-27(25)33-29)16-28-30(4)24-18-23(12-13-26(24)32-28)22-10-8-7-9-11-22/h7-18H,6H2,1-5H3/q+1. The van der Waals surface area contributed by atoms with Crippen LogP contribution in [-0.2, 0) is 7.05 Å². The van der Waals surface area contributed by atoms with Crippen molar-refractivity contribution in [2.45, 2.75) is 27.2 Å². The Morgan fingerprint density at radius 2 is 1.76 bits per heavy atom. The molecule has 0 saturated carbocycles. The number of anilines is 1. The summed E-state index contributed by atoms with van der Waals surface area (Å²) in [5, 5.41) is 1.24. The number of aryl methyl sites for hydroxylation is 3. The Balaban J connectivity index is 1.48. The lowest BCUT2D eigenvalue weighted by molar-refractivity contribution is -0.642. The van der Waals surface area contributed by atoms with E-state index in [1.54, 1.807) is 0 Å². The molecule has 0 unspecified atom stereocenters. The van der Waals surface area contributed by atoms with E-state index in [1.807, 2.05) is 17.4 Å². The molecule has 2 heterocycles. The smallest absolute Gasteiger partial charge is 0.262 e. The van der Waals surface area contributed by atoms with Crippen molar-refractivity contribution in [1.29, 1.82) is 0 Å². The Kier molecular flexibility index (Phi) is 5.55. The normalized spacial score (nSPS) is 14.8. The second kappa shape index (κ2) is 8.53. The minimum Gasteiger partial charge on any atom is -0.439 e. The van der Waals surface area contributed by atoms with E-state index in [0.29, 0.717) is 0 Å². The molecule has 33 heavy (non-hydrogen) atoms. The van der Waals surface area contributed by atoms with Crippen LogP contribution < -0.4 is 14.2 Å². The van der Waals surface area contributed by atoms with Crippen LogP contribution in [0.4, 0.5) is 5.69 Å². The van der Waals surface area contributed by atoms with E-state index in [1.165, 1.54) is 43.1 Å². The Morgan fingerprint density at radius 1 is 1.00 bits per heavy atom. The van der Waals surface area contributed by atoms with Gasteiger partial charge in [-0.25, -0.2) is 0 Å². The Hall–Kier alpha value is -3.37. The van der Waals surface area contributed by atoms with Crippen LogP contribution in [0.3, 0.4) is 0 Å². The van der Waals surface area contributed by atoms with E-state index in [9.17, 15) is 0 Å². The minimum absolute atomic E-state index is 0.860. The van der Waals surface area contributed by atoms with Crippen molar-refractivity contribution in [2.75, 3.05) is 11.9 Å². The molecule has 0 N–H and O–H groups in total. The van der Waals surface area contributed by atoms with Gasteiger partial charge in [-0.05, 0) is 66.3 Å². The highest BCUT2D eigenvalue weighted by atomic mass is 32.1. The molecular formula is C29H29N2OS+. The molecule has 3 aromatic carbocycles. The highest BCUT2D eigenvalue weighted by molar-refractivity contribution is 7.18. The van der Waals surface area contributed by atoms with Gasteiger partial charge in [0, 0.05) is 25.3 Å². The number of aromatic nitrogens is 1. The summed E-state index contributed by atoms with van der Waals surface area (Å²) >= 11 is 1.84. The summed E-state index contributed by atoms with van der Waals surface area (Å²) in [4.78, 5) is 2.14. The third-order valence-corrected chi connectivity index (χ3v) is 7.63. The highest BCUT2D eigenvalue weighted by Crippen LogP contribution is 2.41. The molecule has 0 amide bonds. The summed E-state index contributed by atoms with van der Waals surface area (Å²) in [6.07, 6.45) is 5.39. The predicted molar refractivity (Wildman–Crippen MR) is 140 cm³/mol. The maximum atomic E-state index is 6.24. The van der Waals surface area contributed by atoms with E-state index in [4.69, 9.17) is 4.74 Å². The van der Waals surface area contributed by atoms with Crippen molar-refractivity contribution in [3.63, 3.8) is 0 Å². The molecule has 5 rings (SSSR count). The molecule has 0 fully saturated rings. The monoisotopic (exact) mass is 453 g/mol. The zero-order chi connectivity index (χ0) is 23.1. The lowest BCUT2D eigenvalue weighted by Gasteiger charge is -2.12. The number of hydrogen-bond donors (Lipinski definition) is 0. The van der Waals surface area contributed by atoms with Crippen LogP contribution in [0.15, 0.2) is 78.2 Å². The molecular weight excluding hydrogens is 424 g/mol. The first kappa shape index (κ1) is 21.5. The van der Waals surface area contributed by atoms with E-state index in [0.717, 1.165) is 23.7 Å². The number of fused-ring (bicyclic) bond motifs is 2. The van der Waals surface area contributed by atoms with Gasteiger partial charge >= 0.3 is 0 Å². The fraction of sp³-hybridized carbons (Fsp3) is 0.207. The van der Waals surface area contributed by atoms with E-state index < -0.39 is 0 Å². The Labute approximate surface area is 199 Å². The zero-order valence-electron chi connectivity index (χ0n) is 19.8. The van der Waals surface area contributed by atoms with E-state index in [-0.39, 0.29) is 0 Å². The van der Waals surface area contributed by atoms with E-state index >= 15 is 0 Å². The summed E-state index contributed by atoms with van der Waals surface area (Å²) in [6, 6.07) is 21.5. The maximum Gasteiger partial charge on any atom is 0.262 e. The van der Waals surface area contributed by atoms with Crippen LogP contribution in [0.5, 0.6) is 5.75 Å². The maximum absolute atomic E-state index is 6.24. The number of hydrogen-bond acceptors (Lipinski definition) is 3. The van der Waals surface area contributed by atoms with Gasteiger partial charge in [0.1, 0.15) is 11.7 Å². The first-order valence-electron chi connectivity index (χ1n) is 11.4. The first-order chi connectivity index (χ1) is 15.9. The van der Waals surface area contributed by atoms with Gasteiger partial charge in [0.15, 0.2) is 5.75 Å². The van der Waals surface area contributed by atoms with Crippen LogP contribution in [0, 0.1) is 13.8 Å². The third-order valence-electron chi connectivity index (χ3n) is 6.48. The number of nitrogens with zero attached hydrogens (tertiary/aromatic N) is 2.